The molecule has 1 fully saturated rings. The molecule has 1 aromatic rings. The van der Waals surface area contributed by atoms with Gasteiger partial charge < -0.3 is 4.42 Å². The highest BCUT2D eigenvalue weighted by Crippen LogP contribution is 2.30. The average Bonchev–Trinajstić information content (AvgIpc) is 2.85. The topological polar surface area (TPSA) is 62.6 Å². The second kappa shape index (κ2) is 8.09. The van der Waals surface area contributed by atoms with Gasteiger partial charge in [0.25, 0.3) is 0 Å². The summed E-state index contributed by atoms with van der Waals surface area (Å²) in [6, 6.07) is -0.408. The Morgan fingerprint density at radius 3 is 2.43 bits per heavy atom. The zero-order valence-corrected chi connectivity index (χ0v) is 13.0. The van der Waals surface area contributed by atoms with Crippen LogP contribution in [0.2, 0.25) is 0 Å². The summed E-state index contributed by atoms with van der Waals surface area (Å²) in [4.78, 5) is 24.5. The maximum atomic E-state index is 11.8. The highest BCUT2D eigenvalue weighted by molar-refractivity contribution is 6.06. The lowest BCUT2D eigenvalue weighted by Gasteiger charge is -2.25. The molecule has 0 unspecified atom stereocenters. The van der Waals surface area contributed by atoms with E-state index in [1.807, 2.05) is 52.0 Å². The van der Waals surface area contributed by atoms with E-state index in [1.165, 1.54) is 4.90 Å². The van der Waals surface area contributed by atoms with Crippen molar-refractivity contribution >= 4 is 29.8 Å². The van der Waals surface area contributed by atoms with Crippen LogP contribution in [0.15, 0.2) is 22.8 Å². The molecule has 5 heteroatoms. The quantitative estimate of drug-likeness (QED) is 0.920. The van der Waals surface area contributed by atoms with E-state index in [0.29, 0.717) is 24.4 Å². The Bertz CT molecular complexity index is 556. The summed E-state index contributed by atoms with van der Waals surface area (Å²) in [6.45, 7) is 8.16. The summed E-state index contributed by atoms with van der Waals surface area (Å²) in [7, 11) is 0. The number of urea groups is 1. The molecule has 114 valence electrons. The number of hydrogen-bond donors (Lipinski definition) is 1. The number of anilines is 1. The molecule has 2 rings (SSSR count). The number of rotatable bonds is 3. The zero-order valence-electron chi connectivity index (χ0n) is 13.0. The summed E-state index contributed by atoms with van der Waals surface area (Å²) in [5, 5.41) is 2.30. The fourth-order valence-electron chi connectivity index (χ4n) is 1.99. The summed E-state index contributed by atoms with van der Waals surface area (Å²) in [5.41, 5.74) is 1.52. The van der Waals surface area contributed by atoms with Crippen molar-refractivity contribution in [1.29, 1.82) is 0 Å². The molecule has 0 bridgehead atoms. The summed E-state index contributed by atoms with van der Waals surface area (Å²) in [5.74, 6) is 0.450. The monoisotopic (exact) mass is 290 g/mol. The molecule has 2 heterocycles. The maximum absolute atomic E-state index is 11.8. The van der Waals surface area contributed by atoms with Gasteiger partial charge >= 0.3 is 6.03 Å². The molecule has 1 saturated heterocycles. The van der Waals surface area contributed by atoms with Gasteiger partial charge in [-0.05, 0) is 19.9 Å². The van der Waals surface area contributed by atoms with E-state index in [1.54, 1.807) is 6.26 Å². The number of hydrogen-bond acceptors (Lipinski definition) is 3. The van der Waals surface area contributed by atoms with Gasteiger partial charge in [-0.2, -0.15) is 0 Å². The van der Waals surface area contributed by atoms with Crippen molar-refractivity contribution in [3.63, 3.8) is 0 Å². The van der Waals surface area contributed by atoms with Crippen LogP contribution < -0.4 is 10.2 Å². The first-order valence-corrected chi connectivity index (χ1v) is 7.15. The van der Waals surface area contributed by atoms with Gasteiger partial charge in [0.2, 0.25) is 5.91 Å². The van der Waals surface area contributed by atoms with E-state index in [2.05, 4.69) is 5.32 Å². The number of nitrogens with one attached hydrogen (secondary N) is 1. The number of carbonyl (C=O) groups excluding carboxylic acids is 2. The molecule has 5 nitrogen and oxygen atoms in total. The van der Waals surface area contributed by atoms with Crippen LogP contribution in [0, 0.1) is 0 Å². The van der Waals surface area contributed by atoms with Crippen LogP contribution in [0.1, 0.15) is 45.4 Å². The lowest BCUT2D eigenvalue weighted by atomic mass is 10.1. The summed E-state index contributed by atoms with van der Waals surface area (Å²) >= 11 is 0. The van der Waals surface area contributed by atoms with Crippen LogP contribution in [0.4, 0.5) is 10.5 Å². The van der Waals surface area contributed by atoms with Crippen LogP contribution in [0.3, 0.4) is 0 Å². The number of furan rings is 1. The molecule has 0 atom stereocenters. The molecule has 1 aliphatic heterocycles. The Labute approximate surface area is 125 Å². The van der Waals surface area contributed by atoms with E-state index < -0.39 is 6.03 Å². The van der Waals surface area contributed by atoms with E-state index in [0.717, 1.165) is 5.56 Å². The Balaban J connectivity index is 0.00000106. The predicted octanol–water partition coefficient (Wildman–Crippen LogP) is 3.82. The second-order valence-corrected chi connectivity index (χ2v) is 4.15. The molecule has 0 aromatic carbocycles. The van der Waals surface area contributed by atoms with Gasteiger partial charge in [-0.3, -0.25) is 15.0 Å². The first-order chi connectivity index (χ1) is 10.2. The van der Waals surface area contributed by atoms with Gasteiger partial charge in [-0.1, -0.05) is 32.1 Å². The number of amides is 3. The minimum absolute atomic E-state index is 0.244. The minimum atomic E-state index is -0.408. The van der Waals surface area contributed by atoms with Crippen molar-refractivity contribution in [3.8, 4) is 0 Å². The van der Waals surface area contributed by atoms with E-state index >= 15 is 0 Å². The van der Waals surface area contributed by atoms with Crippen molar-refractivity contribution in [1.82, 2.24) is 5.32 Å². The van der Waals surface area contributed by atoms with Gasteiger partial charge in [-0.25, -0.2) is 4.79 Å². The first kappa shape index (κ1) is 16.8. The van der Waals surface area contributed by atoms with Crippen LogP contribution >= 0.6 is 0 Å². The SMILES string of the molecule is C/C=C\c1occ(N2CCC(=O)NC2=O)c1/C=C\C.CC. The Kier molecular flexibility index (Phi) is 6.46. The van der Waals surface area contributed by atoms with Gasteiger partial charge in [0, 0.05) is 18.5 Å². The molecule has 0 radical (unpaired) electrons. The molecule has 0 spiro atoms. The third-order valence-electron chi connectivity index (χ3n) is 2.84. The van der Waals surface area contributed by atoms with E-state index in [9.17, 15) is 9.59 Å². The third-order valence-corrected chi connectivity index (χ3v) is 2.84. The molecule has 0 saturated carbocycles. The van der Waals surface area contributed by atoms with Crippen LogP contribution in [0.5, 0.6) is 0 Å². The number of imide groups is 1. The highest BCUT2D eigenvalue weighted by Gasteiger charge is 2.27. The molecule has 1 N–H and O–H groups in total. The highest BCUT2D eigenvalue weighted by atomic mass is 16.3. The average molecular weight is 290 g/mol. The smallest absolute Gasteiger partial charge is 0.328 e. The lowest BCUT2D eigenvalue weighted by molar-refractivity contribution is -0.120. The van der Waals surface area contributed by atoms with E-state index in [-0.39, 0.29) is 5.91 Å². The summed E-state index contributed by atoms with van der Waals surface area (Å²) < 4.78 is 5.47. The Morgan fingerprint density at radius 1 is 1.19 bits per heavy atom. The fraction of sp³-hybridized carbons (Fsp3) is 0.375. The molecule has 1 aromatic heterocycles. The standard InChI is InChI=1S/C14H16N2O3.C2H6/c1-3-5-10-11(9-19-12(10)6-4-2)16-8-7-13(17)15-14(16)18;1-2/h3-6,9H,7-8H2,1-2H3,(H,15,17,18);1-2H3/b5-3-,6-4-;. The molecule has 3 amide bonds. The maximum Gasteiger partial charge on any atom is 0.328 e. The largest absolute Gasteiger partial charge is 0.462 e. The van der Waals surface area contributed by atoms with E-state index in [4.69, 9.17) is 4.42 Å². The molecule has 0 aliphatic carbocycles. The van der Waals surface area contributed by atoms with Crippen LogP contribution in [0.25, 0.3) is 12.2 Å². The molecule has 21 heavy (non-hydrogen) atoms. The lowest BCUT2D eigenvalue weighted by Crippen LogP contribution is -2.49. The number of allylic oxidation sites excluding steroid dienone is 2. The number of nitrogens with zero attached hydrogens (tertiary/aromatic N) is 1. The molecular weight excluding hydrogens is 268 g/mol. The van der Waals surface area contributed by atoms with Gasteiger partial charge in [0.05, 0.1) is 5.69 Å². The van der Waals surface area contributed by atoms with Crippen LogP contribution in [-0.4, -0.2) is 18.5 Å². The van der Waals surface area contributed by atoms with Crippen molar-refractivity contribution in [2.75, 3.05) is 11.4 Å². The Hall–Kier alpha value is -2.30. The van der Waals surface area contributed by atoms with Gasteiger partial charge in [0.1, 0.15) is 12.0 Å². The van der Waals surface area contributed by atoms with Crippen molar-refractivity contribution in [3.05, 3.63) is 29.7 Å². The van der Waals surface area contributed by atoms with Gasteiger partial charge in [-0.15, -0.1) is 0 Å². The zero-order chi connectivity index (χ0) is 15.8. The molecular formula is C16H22N2O3. The van der Waals surface area contributed by atoms with Crippen molar-refractivity contribution in [2.24, 2.45) is 0 Å². The minimum Gasteiger partial charge on any atom is -0.462 e. The third kappa shape index (κ3) is 3.84. The molecule has 1 aliphatic rings. The Morgan fingerprint density at radius 2 is 1.86 bits per heavy atom. The first-order valence-electron chi connectivity index (χ1n) is 7.15. The predicted molar refractivity (Wildman–Crippen MR) is 85.0 cm³/mol. The summed E-state index contributed by atoms with van der Waals surface area (Å²) in [6.07, 6.45) is 9.32. The van der Waals surface area contributed by atoms with Crippen molar-refractivity contribution in [2.45, 2.75) is 34.1 Å². The fourth-order valence-corrected chi connectivity index (χ4v) is 1.99. The van der Waals surface area contributed by atoms with Crippen LogP contribution in [-0.2, 0) is 4.79 Å². The van der Waals surface area contributed by atoms with Gasteiger partial charge in [0.15, 0.2) is 0 Å². The number of carbonyl (C=O) groups is 2. The second-order valence-electron chi connectivity index (χ2n) is 4.15. The normalized spacial score (nSPS) is 15.3. The van der Waals surface area contributed by atoms with Crippen molar-refractivity contribution < 1.29 is 14.0 Å².